The highest BCUT2D eigenvalue weighted by atomic mass is 32.2. The van der Waals surface area contributed by atoms with Crippen LogP contribution in [0.2, 0.25) is 0 Å². The van der Waals surface area contributed by atoms with Gasteiger partial charge in [-0.2, -0.15) is 0 Å². The number of imidazole rings is 1. The summed E-state index contributed by atoms with van der Waals surface area (Å²) in [6.45, 7) is 2.99. The van der Waals surface area contributed by atoms with E-state index in [1.807, 2.05) is 6.07 Å². The van der Waals surface area contributed by atoms with Crippen LogP contribution < -0.4 is 0 Å². The predicted molar refractivity (Wildman–Crippen MR) is 81.8 cm³/mol. The van der Waals surface area contributed by atoms with Gasteiger partial charge < -0.3 is 4.57 Å². The quantitative estimate of drug-likeness (QED) is 0.665. The fourth-order valence-electron chi connectivity index (χ4n) is 2.24. The number of thioether (sulfide) groups is 1. The van der Waals surface area contributed by atoms with E-state index in [-0.39, 0.29) is 0 Å². The van der Waals surface area contributed by atoms with Crippen molar-refractivity contribution in [1.82, 2.24) is 9.55 Å². The van der Waals surface area contributed by atoms with Gasteiger partial charge in [0.05, 0.1) is 17.6 Å². The zero-order valence-electron chi connectivity index (χ0n) is 11.1. The normalized spacial score (nSPS) is 11.1. The molecule has 0 fully saturated rings. The summed E-state index contributed by atoms with van der Waals surface area (Å²) in [6.07, 6.45) is 2.08. The van der Waals surface area contributed by atoms with Gasteiger partial charge in [0, 0.05) is 0 Å². The van der Waals surface area contributed by atoms with Gasteiger partial charge in [-0.3, -0.25) is 0 Å². The first-order valence-electron chi connectivity index (χ1n) is 6.33. The zero-order chi connectivity index (χ0) is 13.2. The Labute approximate surface area is 117 Å². The van der Waals surface area contributed by atoms with Crippen LogP contribution in [0.25, 0.3) is 11.0 Å². The van der Waals surface area contributed by atoms with Gasteiger partial charge in [-0.15, -0.1) is 0 Å². The summed E-state index contributed by atoms with van der Waals surface area (Å²) < 4.78 is 2.28. The van der Waals surface area contributed by atoms with Crippen LogP contribution in [0.4, 0.5) is 0 Å². The Balaban J connectivity index is 2.06. The minimum atomic E-state index is 0.872. The minimum absolute atomic E-state index is 0.872. The van der Waals surface area contributed by atoms with Gasteiger partial charge in [0.1, 0.15) is 0 Å². The van der Waals surface area contributed by atoms with E-state index in [0.29, 0.717) is 0 Å². The molecule has 0 aliphatic rings. The van der Waals surface area contributed by atoms with Crippen LogP contribution in [0, 0.1) is 6.92 Å². The van der Waals surface area contributed by atoms with Crippen LogP contribution in [0.15, 0.2) is 53.7 Å². The van der Waals surface area contributed by atoms with E-state index in [2.05, 4.69) is 65.2 Å². The van der Waals surface area contributed by atoms with E-state index in [9.17, 15) is 0 Å². The molecule has 0 unspecified atom stereocenters. The van der Waals surface area contributed by atoms with E-state index in [4.69, 9.17) is 0 Å². The zero-order valence-corrected chi connectivity index (χ0v) is 11.9. The number of fused-ring (bicyclic) bond motifs is 1. The molecule has 1 heterocycles. The van der Waals surface area contributed by atoms with Crippen molar-refractivity contribution in [2.24, 2.45) is 0 Å². The molecule has 0 amide bonds. The highest BCUT2D eigenvalue weighted by Gasteiger charge is 2.09. The van der Waals surface area contributed by atoms with Gasteiger partial charge in [-0.1, -0.05) is 53.7 Å². The molecule has 0 N–H and O–H groups in total. The van der Waals surface area contributed by atoms with Crippen LogP contribution in [0.1, 0.15) is 11.1 Å². The summed E-state index contributed by atoms with van der Waals surface area (Å²) in [5, 5.41) is 1.07. The number of para-hydroxylation sites is 2. The Hall–Kier alpha value is -1.74. The number of hydrogen-bond donors (Lipinski definition) is 0. The molecule has 2 nitrogen and oxygen atoms in total. The van der Waals surface area contributed by atoms with Gasteiger partial charge in [0.2, 0.25) is 0 Å². The minimum Gasteiger partial charge on any atom is -0.314 e. The molecule has 0 saturated carbocycles. The molecule has 0 aliphatic heterocycles. The van der Waals surface area contributed by atoms with E-state index < -0.39 is 0 Å². The topological polar surface area (TPSA) is 17.8 Å². The number of aryl methyl sites for hydroxylation is 1. The number of aromatic nitrogens is 2. The second kappa shape index (κ2) is 5.10. The second-order valence-electron chi connectivity index (χ2n) is 4.66. The van der Waals surface area contributed by atoms with Crippen molar-refractivity contribution in [3.05, 3.63) is 59.7 Å². The molecule has 3 heteroatoms. The van der Waals surface area contributed by atoms with Crippen LogP contribution >= 0.6 is 11.8 Å². The molecule has 0 radical (unpaired) electrons. The third-order valence-electron chi connectivity index (χ3n) is 3.26. The van der Waals surface area contributed by atoms with E-state index in [0.717, 1.165) is 17.2 Å². The fraction of sp³-hybridized carbons (Fsp3) is 0.188. The molecule has 3 aromatic rings. The number of rotatable bonds is 3. The maximum Gasteiger partial charge on any atom is 0.169 e. The summed E-state index contributed by atoms with van der Waals surface area (Å²) in [5.74, 6) is 0. The molecule has 0 spiro atoms. The lowest BCUT2D eigenvalue weighted by Gasteiger charge is -2.08. The second-order valence-corrected chi connectivity index (χ2v) is 5.43. The standard InChI is InChI=1S/C16H16N2S/c1-12-7-9-13(10-8-12)11-18-15-6-4-3-5-14(15)17-16(18)19-2/h3-10H,11H2,1-2H3. The van der Waals surface area contributed by atoms with Crippen LogP contribution in [-0.2, 0) is 6.54 Å². The van der Waals surface area contributed by atoms with Crippen LogP contribution in [-0.4, -0.2) is 15.8 Å². The molecular formula is C16H16N2S. The summed E-state index contributed by atoms with van der Waals surface area (Å²) in [6, 6.07) is 17.0. The van der Waals surface area contributed by atoms with Crippen LogP contribution in [0.3, 0.4) is 0 Å². The highest BCUT2D eigenvalue weighted by Crippen LogP contribution is 2.23. The van der Waals surface area contributed by atoms with Gasteiger partial charge in [0.15, 0.2) is 5.16 Å². The van der Waals surface area contributed by atoms with Crippen LogP contribution in [0.5, 0.6) is 0 Å². The highest BCUT2D eigenvalue weighted by molar-refractivity contribution is 7.98. The lowest BCUT2D eigenvalue weighted by Crippen LogP contribution is -2.01. The molecule has 19 heavy (non-hydrogen) atoms. The first kappa shape index (κ1) is 12.3. The summed E-state index contributed by atoms with van der Waals surface area (Å²) in [7, 11) is 0. The first-order chi connectivity index (χ1) is 9.28. The van der Waals surface area contributed by atoms with Crippen molar-refractivity contribution in [3.8, 4) is 0 Å². The van der Waals surface area contributed by atoms with Crippen molar-refractivity contribution < 1.29 is 0 Å². The third-order valence-corrected chi connectivity index (χ3v) is 3.94. The summed E-state index contributed by atoms with van der Waals surface area (Å²) in [5.41, 5.74) is 4.87. The molecule has 0 aliphatic carbocycles. The van der Waals surface area contributed by atoms with Crippen molar-refractivity contribution >= 4 is 22.8 Å². The smallest absolute Gasteiger partial charge is 0.169 e. The average Bonchev–Trinajstić information content (AvgIpc) is 2.79. The number of hydrogen-bond acceptors (Lipinski definition) is 2. The maximum atomic E-state index is 4.67. The van der Waals surface area contributed by atoms with Gasteiger partial charge >= 0.3 is 0 Å². The number of benzene rings is 2. The fourth-order valence-corrected chi connectivity index (χ4v) is 2.81. The van der Waals surface area contributed by atoms with Crippen molar-refractivity contribution in [2.45, 2.75) is 18.6 Å². The SMILES string of the molecule is CSc1nc2ccccc2n1Cc1ccc(C)cc1. The van der Waals surface area contributed by atoms with Crippen molar-refractivity contribution in [2.75, 3.05) is 6.26 Å². The largest absolute Gasteiger partial charge is 0.314 e. The Morgan fingerprint density at radius 2 is 1.79 bits per heavy atom. The Morgan fingerprint density at radius 1 is 1.05 bits per heavy atom. The summed E-state index contributed by atoms with van der Waals surface area (Å²) in [4.78, 5) is 4.67. The van der Waals surface area contributed by atoms with E-state index >= 15 is 0 Å². The maximum absolute atomic E-state index is 4.67. The van der Waals surface area contributed by atoms with E-state index in [1.54, 1.807) is 11.8 Å². The molecule has 0 saturated heterocycles. The molecular weight excluding hydrogens is 252 g/mol. The molecule has 2 aromatic carbocycles. The molecule has 3 rings (SSSR count). The summed E-state index contributed by atoms with van der Waals surface area (Å²) >= 11 is 1.70. The van der Waals surface area contributed by atoms with Gasteiger partial charge in [-0.05, 0) is 30.9 Å². The molecule has 0 atom stereocenters. The monoisotopic (exact) mass is 268 g/mol. The van der Waals surface area contributed by atoms with E-state index in [1.165, 1.54) is 16.6 Å². The lowest BCUT2D eigenvalue weighted by atomic mass is 10.1. The van der Waals surface area contributed by atoms with Gasteiger partial charge in [0.25, 0.3) is 0 Å². The third kappa shape index (κ3) is 2.38. The Kier molecular flexibility index (Phi) is 3.30. The first-order valence-corrected chi connectivity index (χ1v) is 7.55. The lowest BCUT2D eigenvalue weighted by molar-refractivity contribution is 0.732. The van der Waals surface area contributed by atoms with Crippen molar-refractivity contribution in [3.63, 3.8) is 0 Å². The Morgan fingerprint density at radius 3 is 2.53 bits per heavy atom. The van der Waals surface area contributed by atoms with Gasteiger partial charge in [-0.25, -0.2) is 4.98 Å². The average molecular weight is 268 g/mol. The predicted octanol–water partition coefficient (Wildman–Crippen LogP) is 4.11. The Bertz CT molecular complexity index is 698. The molecule has 96 valence electrons. The number of nitrogens with zero attached hydrogens (tertiary/aromatic N) is 2. The molecule has 0 bridgehead atoms. The van der Waals surface area contributed by atoms with Crippen molar-refractivity contribution in [1.29, 1.82) is 0 Å². The molecule has 1 aromatic heterocycles.